The van der Waals surface area contributed by atoms with E-state index in [4.69, 9.17) is 19.9 Å². The molecule has 0 aliphatic carbocycles. The summed E-state index contributed by atoms with van der Waals surface area (Å²) >= 11 is 0. The molecule has 5 nitrogen and oxygen atoms in total. The molecular formula is C14H24N2O3. The molecule has 0 spiro atoms. The minimum Gasteiger partial charge on any atom is -0.476 e. The van der Waals surface area contributed by atoms with Crippen molar-refractivity contribution in [3.05, 3.63) is 12.1 Å². The van der Waals surface area contributed by atoms with Crippen LogP contribution in [0.4, 0.5) is 5.69 Å². The predicted molar refractivity (Wildman–Crippen MR) is 75.6 cm³/mol. The Morgan fingerprint density at radius 2 is 1.84 bits per heavy atom. The van der Waals surface area contributed by atoms with Crippen LogP contribution >= 0.6 is 0 Å². The van der Waals surface area contributed by atoms with E-state index in [1.165, 1.54) is 0 Å². The molecule has 0 fully saturated rings. The van der Waals surface area contributed by atoms with Gasteiger partial charge in [0.2, 0.25) is 11.8 Å². The zero-order valence-electron chi connectivity index (χ0n) is 12.2. The number of hydrogen-bond donors (Lipinski definition) is 1. The summed E-state index contributed by atoms with van der Waals surface area (Å²) in [6, 6.07) is 3.47. The first-order valence-electron chi connectivity index (χ1n) is 6.62. The molecule has 0 aliphatic rings. The largest absolute Gasteiger partial charge is 0.476 e. The Hall–Kier alpha value is -1.49. The molecule has 0 radical (unpaired) electrons. The average molecular weight is 268 g/mol. The summed E-state index contributed by atoms with van der Waals surface area (Å²) in [6.45, 7) is 9.68. The summed E-state index contributed by atoms with van der Waals surface area (Å²) in [5.41, 5.74) is 6.32. The second kappa shape index (κ2) is 7.84. The van der Waals surface area contributed by atoms with E-state index in [1.807, 2.05) is 13.8 Å². The predicted octanol–water partition coefficient (Wildman–Crippen LogP) is 2.50. The molecule has 1 aromatic rings. The lowest BCUT2D eigenvalue weighted by atomic mass is 10.2. The maximum absolute atomic E-state index is 5.80. The van der Waals surface area contributed by atoms with Crippen LogP contribution in [0.15, 0.2) is 12.1 Å². The van der Waals surface area contributed by atoms with Gasteiger partial charge in [-0.05, 0) is 25.8 Å². The lowest BCUT2D eigenvalue weighted by molar-refractivity contribution is 0.0541. The summed E-state index contributed by atoms with van der Waals surface area (Å²) in [4.78, 5) is 4.24. The molecule has 0 saturated carbocycles. The topological polar surface area (TPSA) is 66.6 Å². The molecule has 0 atom stereocenters. The van der Waals surface area contributed by atoms with Gasteiger partial charge in [-0.1, -0.05) is 13.8 Å². The van der Waals surface area contributed by atoms with Gasteiger partial charge in [-0.2, -0.15) is 4.98 Å². The molecule has 0 bridgehead atoms. The van der Waals surface area contributed by atoms with Crippen molar-refractivity contribution in [2.24, 2.45) is 5.92 Å². The molecule has 19 heavy (non-hydrogen) atoms. The zero-order chi connectivity index (χ0) is 14.3. The first kappa shape index (κ1) is 15.6. The highest BCUT2D eigenvalue weighted by Gasteiger charge is 2.06. The van der Waals surface area contributed by atoms with Gasteiger partial charge in [0.15, 0.2) is 0 Å². The van der Waals surface area contributed by atoms with Gasteiger partial charge in [0, 0.05) is 6.07 Å². The second-order valence-electron chi connectivity index (χ2n) is 5.02. The Kier molecular flexibility index (Phi) is 6.42. The van der Waals surface area contributed by atoms with Gasteiger partial charge >= 0.3 is 0 Å². The molecule has 2 N–H and O–H groups in total. The van der Waals surface area contributed by atoms with Crippen molar-refractivity contribution in [3.63, 3.8) is 0 Å². The summed E-state index contributed by atoms with van der Waals surface area (Å²) in [7, 11) is 0. The molecule has 0 saturated heterocycles. The maximum Gasteiger partial charge on any atom is 0.240 e. The number of anilines is 1. The summed E-state index contributed by atoms with van der Waals surface area (Å²) < 4.78 is 16.4. The number of aromatic nitrogens is 1. The monoisotopic (exact) mass is 268 g/mol. The second-order valence-corrected chi connectivity index (χ2v) is 5.02. The quantitative estimate of drug-likeness (QED) is 0.734. The van der Waals surface area contributed by atoms with Crippen molar-refractivity contribution in [1.82, 2.24) is 4.98 Å². The Balaban J connectivity index is 2.48. The lowest BCUT2D eigenvalue weighted by Crippen LogP contribution is -2.12. The van der Waals surface area contributed by atoms with E-state index in [2.05, 4.69) is 18.8 Å². The van der Waals surface area contributed by atoms with Crippen LogP contribution in [0.5, 0.6) is 11.8 Å². The third-order valence-corrected chi connectivity index (χ3v) is 2.20. The average Bonchev–Trinajstić information content (AvgIpc) is 2.34. The number of nitrogens with zero attached hydrogens (tertiary/aromatic N) is 1. The smallest absolute Gasteiger partial charge is 0.240 e. The number of nitrogens with two attached hydrogens (primary N) is 1. The number of hydrogen-bond acceptors (Lipinski definition) is 5. The highest BCUT2D eigenvalue weighted by Crippen LogP contribution is 2.22. The van der Waals surface area contributed by atoms with Gasteiger partial charge in [0.1, 0.15) is 6.61 Å². The molecule has 5 heteroatoms. The summed E-state index contributed by atoms with van der Waals surface area (Å²) in [5.74, 6) is 1.35. The minimum atomic E-state index is 0.202. The normalized spacial score (nSPS) is 11.1. The highest BCUT2D eigenvalue weighted by atomic mass is 16.5. The Morgan fingerprint density at radius 3 is 2.47 bits per heavy atom. The fourth-order valence-corrected chi connectivity index (χ4v) is 1.31. The van der Waals surface area contributed by atoms with Gasteiger partial charge in [-0.15, -0.1) is 0 Å². The van der Waals surface area contributed by atoms with E-state index in [0.717, 1.165) is 0 Å². The van der Waals surface area contributed by atoms with Crippen LogP contribution in [0.2, 0.25) is 0 Å². The molecule has 1 heterocycles. The van der Waals surface area contributed by atoms with Gasteiger partial charge in [-0.3, -0.25) is 0 Å². The first-order valence-corrected chi connectivity index (χ1v) is 6.62. The molecule has 1 aromatic heterocycles. The van der Waals surface area contributed by atoms with E-state index >= 15 is 0 Å². The van der Waals surface area contributed by atoms with Crippen molar-refractivity contribution in [3.8, 4) is 11.8 Å². The van der Waals surface area contributed by atoms with Gasteiger partial charge < -0.3 is 19.9 Å². The van der Waals surface area contributed by atoms with Gasteiger partial charge in [0.25, 0.3) is 0 Å². The van der Waals surface area contributed by atoms with Crippen molar-refractivity contribution in [2.45, 2.75) is 33.8 Å². The number of pyridine rings is 1. The number of rotatable bonds is 8. The van der Waals surface area contributed by atoms with Crippen molar-refractivity contribution in [1.29, 1.82) is 0 Å². The van der Waals surface area contributed by atoms with E-state index in [9.17, 15) is 0 Å². The molecule has 0 unspecified atom stereocenters. The van der Waals surface area contributed by atoms with Crippen LogP contribution in [0, 0.1) is 5.92 Å². The minimum absolute atomic E-state index is 0.202. The zero-order valence-corrected chi connectivity index (χ0v) is 12.2. The Morgan fingerprint density at radius 1 is 1.11 bits per heavy atom. The summed E-state index contributed by atoms with van der Waals surface area (Å²) in [6.07, 6.45) is 0.202. The van der Waals surface area contributed by atoms with E-state index in [-0.39, 0.29) is 6.10 Å². The SMILES string of the molecule is CC(C)COc1nc(OCCOC(C)C)ccc1N. The third kappa shape index (κ3) is 6.29. The van der Waals surface area contributed by atoms with Crippen LogP contribution in [0.3, 0.4) is 0 Å². The van der Waals surface area contributed by atoms with E-state index < -0.39 is 0 Å². The molecular weight excluding hydrogens is 244 g/mol. The standard InChI is InChI=1S/C14H24N2O3/c1-10(2)9-19-14-12(15)5-6-13(16-14)18-8-7-17-11(3)4/h5-6,10-11H,7-9,15H2,1-4H3. The fourth-order valence-electron chi connectivity index (χ4n) is 1.31. The van der Waals surface area contributed by atoms with Crippen LogP contribution in [0.25, 0.3) is 0 Å². The van der Waals surface area contributed by atoms with Crippen LogP contribution in [0.1, 0.15) is 27.7 Å². The molecule has 0 amide bonds. The fraction of sp³-hybridized carbons (Fsp3) is 0.643. The number of nitrogen functional groups attached to an aromatic ring is 1. The van der Waals surface area contributed by atoms with E-state index in [1.54, 1.807) is 12.1 Å². The highest BCUT2D eigenvalue weighted by molar-refractivity contribution is 5.49. The molecule has 0 aromatic carbocycles. The molecule has 0 aliphatic heterocycles. The molecule has 1 rings (SSSR count). The van der Waals surface area contributed by atoms with E-state index in [0.29, 0.717) is 43.2 Å². The lowest BCUT2D eigenvalue weighted by Gasteiger charge is -2.12. The third-order valence-electron chi connectivity index (χ3n) is 2.20. The van der Waals surface area contributed by atoms with Crippen LogP contribution in [-0.4, -0.2) is 30.9 Å². The maximum atomic E-state index is 5.80. The van der Waals surface area contributed by atoms with Crippen LogP contribution < -0.4 is 15.2 Å². The number of ether oxygens (including phenoxy) is 3. The van der Waals surface area contributed by atoms with Gasteiger partial charge in [-0.25, -0.2) is 0 Å². The van der Waals surface area contributed by atoms with Crippen molar-refractivity contribution in [2.75, 3.05) is 25.6 Å². The first-order chi connectivity index (χ1) is 8.99. The van der Waals surface area contributed by atoms with Gasteiger partial charge in [0.05, 0.1) is 25.0 Å². The van der Waals surface area contributed by atoms with Crippen molar-refractivity contribution < 1.29 is 14.2 Å². The van der Waals surface area contributed by atoms with Crippen molar-refractivity contribution >= 4 is 5.69 Å². The Bertz CT molecular complexity index is 381. The Labute approximate surface area is 115 Å². The summed E-state index contributed by atoms with van der Waals surface area (Å²) in [5, 5.41) is 0. The molecule has 108 valence electrons. The van der Waals surface area contributed by atoms with Crippen LogP contribution in [-0.2, 0) is 4.74 Å².